The average Bonchev–Trinajstić information content (AvgIpc) is 3.22. The molecule has 2 bridgehead atoms. The monoisotopic (exact) mass is 396 g/mol. The maximum Gasteiger partial charge on any atom is 0.162 e. The quantitative estimate of drug-likeness (QED) is 0.623. The van der Waals surface area contributed by atoms with E-state index in [1.807, 2.05) is 0 Å². The van der Waals surface area contributed by atoms with Crippen LogP contribution in [-0.2, 0) is 14.9 Å². The van der Waals surface area contributed by atoms with Gasteiger partial charge in [0.25, 0.3) is 0 Å². The van der Waals surface area contributed by atoms with E-state index in [2.05, 4.69) is 28.4 Å². The summed E-state index contributed by atoms with van der Waals surface area (Å²) in [5.74, 6) is 2.34. The number of fused-ring (bicyclic) bond motifs is 2. The molecule has 6 rings (SSSR count). The van der Waals surface area contributed by atoms with Crippen LogP contribution in [0.5, 0.6) is 11.5 Å². The molecule has 0 aromatic heterocycles. The van der Waals surface area contributed by atoms with E-state index in [0.29, 0.717) is 30.9 Å². The van der Waals surface area contributed by atoms with E-state index in [4.69, 9.17) is 14.2 Å². The predicted molar refractivity (Wildman–Crippen MR) is 109 cm³/mol. The van der Waals surface area contributed by atoms with Crippen LogP contribution in [0.4, 0.5) is 5.69 Å². The van der Waals surface area contributed by atoms with Crippen molar-refractivity contribution in [3.05, 3.63) is 29.3 Å². The standard InChI is InChI=1S/C23H28N2O4/c1-27-18-10-15-16(11-19(18)28-2)24-22-21-14-9-20-23(15,22)5-6-25(20)12-13(14)4-8-29-17(21)3-7-26/h4,7,10-11,14,17,20-22,24H,3,5-6,8-9,12H2,1-2H3/t14-,17-,20?,21-,22-,23+/m0/s1. The number of methoxy groups -OCH3 is 2. The Labute approximate surface area is 171 Å². The number of nitrogens with zero attached hydrogens (tertiary/aromatic N) is 1. The molecule has 1 spiro atoms. The summed E-state index contributed by atoms with van der Waals surface area (Å²) in [4.78, 5) is 14.2. The van der Waals surface area contributed by atoms with E-state index in [0.717, 1.165) is 49.4 Å². The number of carbonyl (C=O) groups excluding carboxylic acids is 1. The molecule has 6 heteroatoms. The zero-order valence-electron chi connectivity index (χ0n) is 17.0. The number of nitrogens with one attached hydrogen (secondary N) is 1. The molecule has 1 N–H and O–H groups in total. The topological polar surface area (TPSA) is 60.0 Å². The Kier molecular flexibility index (Phi) is 3.81. The summed E-state index contributed by atoms with van der Waals surface area (Å²) in [6.07, 6.45) is 6.04. The Bertz CT molecular complexity index is 899. The Morgan fingerprint density at radius 2 is 2.14 bits per heavy atom. The number of ether oxygens (including phenoxy) is 3. The molecule has 154 valence electrons. The van der Waals surface area contributed by atoms with E-state index in [-0.39, 0.29) is 17.6 Å². The summed E-state index contributed by atoms with van der Waals surface area (Å²) in [6.45, 7) is 2.78. The van der Waals surface area contributed by atoms with Gasteiger partial charge in [-0.3, -0.25) is 4.90 Å². The molecule has 1 unspecified atom stereocenters. The van der Waals surface area contributed by atoms with Gasteiger partial charge in [0, 0.05) is 48.1 Å². The number of piperidine rings is 1. The van der Waals surface area contributed by atoms with Crippen molar-refractivity contribution in [2.45, 2.75) is 42.9 Å². The van der Waals surface area contributed by atoms with E-state index in [9.17, 15) is 4.79 Å². The minimum absolute atomic E-state index is 0.0353. The molecule has 4 heterocycles. The molecule has 4 aliphatic heterocycles. The van der Waals surface area contributed by atoms with Crippen molar-refractivity contribution < 1.29 is 19.0 Å². The Morgan fingerprint density at radius 1 is 1.31 bits per heavy atom. The fourth-order valence-corrected chi connectivity index (χ4v) is 7.27. The molecule has 6 nitrogen and oxygen atoms in total. The van der Waals surface area contributed by atoms with Crippen LogP contribution in [0.25, 0.3) is 0 Å². The smallest absolute Gasteiger partial charge is 0.162 e. The van der Waals surface area contributed by atoms with Gasteiger partial charge in [0.05, 0.1) is 26.9 Å². The second-order valence-electron chi connectivity index (χ2n) is 9.12. The van der Waals surface area contributed by atoms with Crippen molar-refractivity contribution in [1.29, 1.82) is 0 Å². The number of hydrogen-bond acceptors (Lipinski definition) is 6. The van der Waals surface area contributed by atoms with E-state index >= 15 is 0 Å². The highest BCUT2D eigenvalue weighted by atomic mass is 16.5. The molecule has 0 radical (unpaired) electrons. The highest BCUT2D eigenvalue weighted by Crippen LogP contribution is 2.63. The molecular formula is C23H28N2O4. The number of hydrogen-bond donors (Lipinski definition) is 1. The van der Waals surface area contributed by atoms with Gasteiger partial charge in [0.2, 0.25) is 0 Å². The molecular weight excluding hydrogens is 368 g/mol. The minimum Gasteiger partial charge on any atom is -0.493 e. The van der Waals surface area contributed by atoms with Gasteiger partial charge in [-0.1, -0.05) is 11.6 Å². The highest BCUT2D eigenvalue weighted by molar-refractivity contribution is 5.70. The average molecular weight is 396 g/mol. The SMILES string of the molecule is COc1cc2c(cc1OC)[C@]13CCN4CC5=CCO[C@@H](CC=O)[C@H]([C@H]5CC41)[C@@H]3N2. The predicted octanol–water partition coefficient (Wildman–Crippen LogP) is 2.37. The van der Waals surface area contributed by atoms with Gasteiger partial charge in [0.15, 0.2) is 11.5 Å². The first-order valence-corrected chi connectivity index (χ1v) is 10.7. The third kappa shape index (κ3) is 2.16. The van der Waals surface area contributed by atoms with Crippen LogP contribution in [0.2, 0.25) is 0 Å². The first kappa shape index (κ1) is 17.8. The number of aldehydes is 1. The van der Waals surface area contributed by atoms with Crippen LogP contribution >= 0.6 is 0 Å². The van der Waals surface area contributed by atoms with Crippen molar-refractivity contribution in [1.82, 2.24) is 4.90 Å². The highest BCUT2D eigenvalue weighted by Gasteiger charge is 2.66. The summed E-state index contributed by atoms with van der Waals surface area (Å²) in [5.41, 5.74) is 4.06. The van der Waals surface area contributed by atoms with Crippen LogP contribution in [-0.4, -0.2) is 63.3 Å². The Balaban J connectivity index is 1.54. The van der Waals surface area contributed by atoms with Crippen LogP contribution in [0, 0.1) is 11.8 Å². The van der Waals surface area contributed by atoms with Gasteiger partial charge in [-0.2, -0.15) is 0 Å². The van der Waals surface area contributed by atoms with Gasteiger partial charge in [-0.05, 0) is 36.9 Å². The lowest BCUT2D eigenvalue weighted by molar-refractivity contribution is -0.113. The second kappa shape index (κ2) is 6.22. The number of carbonyl (C=O) groups is 1. The molecule has 6 atom stereocenters. The minimum atomic E-state index is -0.0353. The number of anilines is 1. The van der Waals surface area contributed by atoms with Gasteiger partial charge in [-0.25, -0.2) is 0 Å². The summed E-state index contributed by atoms with van der Waals surface area (Å²) >= 11 is 0. The van der Waals surface area contributed by atoms with Crippen molar-refractivity contribution >= 4 is 12.0 Å². The molecule has 2 saturated heterocycles. The molecule has 5 aliphatic rings. The lowest BCUT2D eigenvalue weighted by atomic mass is 9.54. The molecule has 0 amide bonds. The van der Waals surface area contributed by atoms with Gasteiger partial charge >= 0.3 is 0 Å². The zero-order chi connectivity index (χ0) is 19.8. The zero-order valence-corrected chi connectivity index (χ0v) is 17.0. The summed E-state index contributed by atoms with van der Waals surface area (Å²) < 4.78 is 17.5. The van der Waals surface area contributed by atoms with E-state index in [1.165, 1.54) is 11.1 Å². The first-order chi connectivity index (χ1) is 14.2. The van der Waals surface area contributed by atoms with Gasteiger partial charge in [0.1, 0.15) is 6.29 Å². The van der Waals surface area contributed by atoms with Gasteiger partial charge < -0.3 is 24.3 Å². The fraction of sp³-hybridized carbons (Fsp3) is 0.609. The number of rotatable bonds is 4. The van der Waals surface area contributed by atoms with Crippen LogP contribution in [0.1, 0.15) is 24.8 Å². The van der Waals surface area contributed by atoms with E-state index in [1.54, 1.807) is 14.2 Å². The second-order valence-corrected chi connectivity index (χ2v) is 9.12. The van der Waals surface area contributed by atoms with Crippen molar-refractivity contribution in [2.75, 3.05) is 39.2 Å². The largest absolute Gasteiger partial charge is 0.493 e. The van der Waals surface area contributed by atoms with Crippen LogP contribution < -0.4 is 14.8 Å². The van der Waals surface area contributed by atoms with Gasteiger partial charge in [-0.15, -0.1) is 0 Å². The number of benzene rings is 1. The molecule has 1 saturated carbocycles. The molecule has 1 aromatic rings. The van der Waals surface area contributed by atoms with Crippen molar-refractivity contribution in [3.8, 4) is 11.5 Å². The van der Waals surface area contributed by atoms with Crippen LogP contribution in [0.15, 0.2) is 23.8 Å². The van der Waals surface area contributed by atoms with E-state index < -0.39 is 0 Å². The summed E-state index contributed by atoms with van der Waals surface area (Å²) in [6, 6.07) is 5.07. The maximum absolute atomic E-state index is 11.5. The third-order valence-electron chi connectivity index (χ3n) is 8.34. The molecule has 29 heavy (non-hydrogen) atoms. The van der Waals surface area contributed by atoms with Crippen molar-refractivity contribution in [3.63, 3.8) is 0 Å². The molecule has 1 aliphatic carbocycles. The Hall–Kier alpha value is -2.05. The van der Waals surface area contributed by atoms with Crippen molar-refractivity contribution in [2.24, 2.45) is 11.8 Å². The molecule has 3 fully saturated rings. The first-order valence-electron chi connectivity index (χ1n) is 10.7. The normalized spacial score (nSPS) is 39.0. The summed E-state index contributed by atoms with van der Waals surface area (Å²) in [7, 11) is 3.39. The molecule has 1 aromatic carbocycles. The summed E-state index contributed by atoms with van der Waals surface area (Å²) in [5, 5.41) is 3.90. The fourth-order valence-electron chi connectivity index (χ4n) is 7.27. The third-order valence-corrected chi connectivity index (χ3v) is 8.34. The Morgan fingerprint density at radius 3 is 2.93 bits per heavy atom. The maximum atomic E-state index is 11.5. The lowest BCUT2D eigenvalue weighted by Crippen LogP contribution is -2.64. The lowest BCUT2D eigenvalue weighted by Gasteiger charge is -2.55. The van der Waals surface area contributed by atoms with Crippen LogP contribution in [0.3, 0.4) is 0 Å².